The van der Waals surface area contributed by atoms with Crippen LogP contribution in [0.25, 0.3) is 0 Å². The van der Waals surface area contributed by atoms with Crippen LogP contribution in [0.4, 0.5) is 5.69 Å². The summed E-state index contributed by atoms with van der Waals surface area (Å²) in [5.74, 6) is -0.125. The van der Waals surface area contributed by atoms with Gasteiger partial charge in [0.15, 0.2) is 0 Å². The molecule has 1 aromatic rings. The molecule has 6 nitrogen and oxygen atoms in total. The minimum absolute atomic E-state index is 0.0401. The number of nitrogens with one attached hydrogen (secondary N) is 2. The molecule has 2 N–H and O–H groups in total. The van der Waals surface area contributed by atoms with Gasteiger partial charge in [0.2, 0.25) is 11.8 Å². The van der Waals surface area contributed by atoms with Crippen molar-refractivity contribution in [3.63, 3.8) is 0 Å². The number of amides is 2. The molecule has 0 aliphatic heterocycles. The Kier molecular flexibility index (Phi) is 6.45. The summed E-state index contributed by atoms with van der Waals surface area (Å²) in [4.78, 5) is 26.3. The van der Waals surface area contributed by atoms with Crippen molar-refractivity contribution >= 4 is 29.1 Å². The highest BCUT2D eigenvalue weighted by Gasteiger charge is 2.47. The highest BCUT2D eigenvalue weighted by Crippen LogP contribution is 2.39. The number of hydrogen-bond acceptors (Lipinski definition) is 4. The van der Waals surface area contributed by atoms with Gasteiger partial charge in [0.05, 0.1) is 24.0 Å². The lowest BCUT2D eigenvalue weighted by molar-refractivity contribution is -0.125. The summed E-state index contributed by atoms with van der Waals surface area (Å²) in [7, 11) is 5.52. The molecule has 0 heterocycles. The molecule has 0 spiro atoms. The Hall–Kier alpha value is -1.79. The highest BCUT2D eigenvalue weighted by atomic mass is 35.5. The molecule has 1 aliphatic rings. The van der Waals surface area contributed by atoms with Crippen molar-refractivity contribution in [1.82, 2.24) is 10.2 Å². The third-order valence-corrected chi connectivity index (χ3v) is 4.26. The summed E-state index contributed by atoms with van der Waals surface area (Å²) >= 11 is 6.04. The third kappa shape index (κ3) is 5.11. The van der Waals surface area contributed by atoms with Gasteiger partial charge >= 0.3 is 0 Å². The van der Waals surface area contributed by atoms with E-state index in [1.165, 1.54) is 7.11 Å². The predicted octanol–water partition coefficient (Wildman–Crippen LogP) is 1.99. The van der Waals surface area contributed by atoms with Crippen LogP contribution in [0.15, 0.2) is 18.2 Å². The number of carbonyl (C=O) groups excluding carboxylic acids is 2. The first-order valence-electron chi connectivity index (χ1n) is 7.99. The molecule has 2 unspecified atom stereocenters. The molecule has 0 saturated heterocycles. The number of nitrogens with zero attached hydrogens (tertiary/aromatic N) is 1. The zero-order valence-corrected chi connectivity index (χ0v) is 15.0. The van der Waals surface area contributed by atoms with Gasteiger partial charge in [-0.15, -0.1) is 0 Å². The van der Waals surface area contributed by atoms with E-state index < -0.39 is 0 Å². The van der Waals surface area contributed by atoms with Crippen molar-refractivity contribution in [2.24, 2.45) is 11.8 Å². The van der Waals surface area contributed by atoms with Crippen LogP contribution in [0, 0.1) is 11.8 Å². The Morgan fingerprint density at radius 1 is 1.29 bits per heavy atom. The number of benzene rings is 1. The summed E-state index contributed by atoms with van der Waals surface area (Å²) in [6.07, 6.45) is 1.49. The Morgan fingerprint density at radius 2 is 2.00 bits per heavy atom. The van der Waals surface area contributed by atoms with Gasteiger partial charge in [0, 0.05) is 12.2 Å². The van der Waals surface area contributed by atoms with E-state index in [1.807, 2.05) is 14.1 Å². The normalized spacial score (nSPS) is 19.0. The first-order valence-corrected chi connectivity index (χ1v) is 8.37. The molecule has 7 heteroatoms. The van der Waals surface area contributed by atoms with Crippen LogP contribution in [-0.4, -0.2) is 51.0 Å². The first kappa shape index (κ1) is 18.5. The van der Waals surface area contributed by atoms with Gasteiger partial charge in [-0.2, -0.15) is 0 Å². The van der Waals surface area contributed by atoms with Gasteiger partial charge in [0.1, 0.15) is 5.75 Å². The molecule has 1 fully saturated rings. The maximum Gasteiger partial charge on any atom is 0.228 e. The largest absolute Gasteiger partial charge is 0.495 e. The van der Waals surface area contributed by atoms with Gasteiger partial charge in [-0.25, -0.2) is 0 Å². The number of hydrogen-bond donors (Lipinski definition) is 2. The zero-order valence-electron chi connectivity index (χ0n) is 14.3. The second-order valence-electron chi connectivity index (χ2n) is 6.24. The van der Waals surface area contributed by atoms with Crippen LogP contribution in [0.3, 0.4) is 0 Å². The quantitative estimate of drug-likeness (QED) is 0.701. The van der Waals surface area contributed by atoms with Crippen LogP contribution in [0.1, 0.15) is 12.8 Å². The average Bonchev–Trinajstić information content (AvgIpc) is 3.32. The first-order chi connectivity index (χ1) is 11.4. The van der Waals surface area contributed by atoms with Crippen LogP contribution in [-0.2, 0) is 9.59 Å². The van der Waals surface area contributed by atoms with Gasteiger partial charge < -0.3 is 20.3 Å². The number of halogens is 1. The molecular weight excluding hydrogens is 330 g/mol. The van der Waals surface area contributed by atoms with E-state index in [1.54, 1.807) is 18.2 Å². The second-order valence-corrected chi connectivity index (χ2v) is 6.64. The Bertz CT molecular complexity index is 607. The monoisotopic (exact) mass is 353 g/mol. The molecular formula is C17H24ClN3O3. The van der Waals surface area contributed by atoms with Crippen LogP contribution in [0.2, 0.25) is 5.02 Å². The van der Waals surface area contributed by atoms with E-state index in [9.17, 15) is 9.59 Å². The summed E-state index contributed by atoms with van der Waals surface area (Å²) < 4.78 is 5.07. The molecule has 0 radical (unpaired) electrons. The fourth-order valence-corrected chi connectivity index (χ4v) is 2.75. The summed E-state index contributed by atoms with van der Waals surface area (Å²) in [5.41, 5.74) is 0.600. The minimum atomic E-state index is -0.264. The summed E-state index contributed by atoms with van der Waals surface area (Å²) in [6, 6.07) is 5.05. The fraction of sp³-hybridized carbons (Fsp3) is 0.529. The van der Waals surface area contributed by atoms with Crippen LogP contribution >= 0.6 is 11.6 Å². The van der Waals surface area contributed by atoms with Crippen molar-refractivity contribution in [2.45, 2.75) is 12.8 Å². The van der Waals surface area contributed by atoms with Crippen LogP contribution < -0.4 is 15.4 Å². The Balaban J connectivity index is 1.77. The van der Waals surface area contributed by atoms with E-state index in [4.69, 9.17) is 16.3 Å². The fourth-order valence-electron chi connectivity index (χ4n) is 2.49. The standard InChI is InChI=1S/C17H24ClN3O3/c1-21(2)8-4-7-19-16(22)12-10-13(12)17(23)20-11-5-6-15(24-3)14(18)9-11/h5-6,9,12-13H,4,7-8,10H2,1-3H3,(H,19,22)(H,20,23). The van der Waals surface area contributed by atoms with Crippen LogP contribution in [0.5, 0.6) is 5.75 Å². The second kappa shape index (κ2) is 8.35. The topological polar surface area (TPSA) is 70.7 Å². The molecule has 2 amide bonds. The number of carbonyl (C=O) groups is 2. The van der Waals surface area contributed by atoms with E-state index >= 15 is 0 Å². The molecule has 2 rings (SSSR count). The number of rotatable bonds is 8. The molecule has 0 aromatic heterocycles. The van der Waals surface area contributed by atoms with E-state index in [0.29, 0.717) is 29.4 Å². The summed E-state index contributed by atoms with van der Waals surface area (Å²) in [6.45, 7) is 1.56. The predicted molar refractivity (Wildman–Crippen MR) is 94.4 cm³/mol. The van der Waals surface area contributed by atoms with Crippen molar-refractivity contribution in [3.05, 3.63) is 23.2 Å². The third-order valence-electron chi connectivity index (χ3n) is 3.96. The average molecular weight is 354 g/mol. The Labute approximate surface area is 147 Å². The molecule has 132 valence electrons. The molecule has 24 heavy (non-hydrogen) atoms. The van der Waals surface area contributed by atoms with Crippen molar-refractivity contribution in [1.29, 1.82) is 0 Å². The molecule has 1 aromatic carbocycles. The van der Waals surface area contributed by atoms with Crippen molar-refractivity contribution < 1.29 is 14.3 Å². The highest BCUT2D eigenvalue weighted by molar-refractivity contribution is 6.32. The van der Waals surface area contributed by atoms with Gasteiger partial charge in [0.25, 0.3) is 0 Å². The summed E-state index contributed by atoms with van der Waals surface area (Å²) in [5, 5.41) is 6.12. The van der Waals surface area contributed by atoms with E-state index in [0.717, 1.165) is 13.0 Å². The lowest BCUT2D eigenvalue weighted by Gasteiger charge is -2.10. The maximum atomic E-state index is 12.2. The molecule has 0 bridgehead atoms. The van der Waals surface area contributed by atoms with Gasteiger partial charge in [-0.3, -0.25) is 9.59 Å². The number of ether oxygens (including phenoxy) is 1. The minimum Gasteiger partial charge on any atom is -0.495 e. The lowest BCUT2D eigenvalue weighted by Crippen LogP contribution is -2.30. The van der Waals surface area contributed by atoms with Crippen molar-refractivity contribution in [3.8, 4) is 5.75 Å². The van der Waals surface area contributed by atoms with E-state index in [2.05, 4.69) is 15.5 Å². The molecule has 1 saturated carbocycles. The van der Waals surface area contributed by atoms with Crippen molar-refractivity contribution in [2.75, 3.05) is 39.6 Å². The number of methoxy groups -OCH3 is 1. The van der Waals surface area contributed by atoms with E-state index in [-0.39, 0.29) is 23.7 Å². The van der Waals surface area contributed by atoms with Gasteiger partial charge in [-0.05, 0) is 51.7 Å². The molecule has 2 atom stereocenters. The molecule has 1 aliphatic carbocycles. The number of anilines is 1. The van der Waals surface area contributed by atoms with Gasteiger partial charge in [-0.1, -0.05) is 11.6 Å². The maximum absolute atomic E-state index is 12.2. The lowest BCUT2D eigenvalue weighted by atomic mass is 10.2. The SMILES string of the molecule is COc1ccc(NC(=O)C2CC2C(=O)NCCCN(C)C)cc1Cl. The smallest absolute Gasteiger partial charge is 0.228 e. The Morgan fingerprint density at radius 3 is 2.62 bits per heavy atom. The zero-order chi connectivity index (χ0) is 17.7.